The van der Waals surface area contributed by atoms with Crippen molar-refractivity contribution < 1.29 is 33.3 Å². The van der Waals surface area contributed by atoms with E-state index in [0.29, 0.717) is 6.61 Å². The van der Waals surface area contributed by atoms with Gasteiger partial charge in [-0.2, -0.15) is 0 Å². The number of rotatable bonds is 6. The number of carbonyl (C=O) groups excluding carboxylic acids is 3. The van der Waals surface area contributed by atoms with Crippen LogP contribution in [0.3, 0.4) is 0 Å². The quantitative estimate of drug-likeness (QED) is 0.518. The Morgan fingerprint density at radius 2 is 1.80 bits per heavy atom. The maximum absolute atomic E-state index is 11.8. The van der Waals surface area contributed by atoms with Gasteiger partial charge < -0.3 is 24.3 Å². The van der Waals surface area contributed by atoms with Gasteiger partial charge in [0.25, 0.3) is 5.91 Å². The molecule has 1 N–H and O–H groups in total. The molecule has 1 amide bonds. The molecular weight excluding hydrogens is 270 g/mol. The molecule has 0 radical (unpaired) electrons. The molecule has 0 fully saturated rings. The van der Waals surface area contributed by atoms with E-state index < -0.39 is 23.9 Å². The summed E-state index contributed by atoms with van der Waals surface area (Å²) in [5.41, 5.74) is 0. The van der Waals surface area contributed by atoms with Gasteiger partial charge in [0.05, 0.1) is 13.2 Å². The van der Waals surface area contributed by atoms with Crippen LogP contribution in [0, 0.1) is 0 Å². The number of hydrogen-bond donors (Lipinski definition) is 1. The molecule has 8 nitrogen and oxygen atoms in total. The van der Waals surface area contributed by atoms with Gasteiger partial charge in [0.15, 0.2) is 0 Å². The standard InChI is InChI=1S/C12H17NO7/c1-3-18-11(15)9(12(16)19-4-2)13-10(14)8-7-17-5-6-20-8/h7,9H,3-6H2,1-2H3,(H,13,14). The lowest BCUT2D eigenvalue weighted by molar-refractivity contribution is -0.159. The van der Waals surface area contributed by atoms with Gasteiger partial charge in [-0.25, -0.2) is 9.59 Å². The second-order valence-electron chi connectivity index (χ2n) is 3.61. The summed E-state index contributed by atoms with van der Waals surface area (Å²) in [5, 5.41) is 2.19. The van der Waals surface area contributed by atoms with E-state index in [-0.39, 0.29) is 25.6 Å². The molecule has 0 atom stereocenters. The summed E-state index contributed by atoms with van der Waals surface area (Å²) < 4.78 is 19.4. The van der Waals surface area contributed by atoms with E-state index in [4.69, 9.17) is 18.9 Å². The zero-order chi connectivity index (χ0) is 15.0. The Balaban J connectivity index is 2.72. The van der Waals surface area contributed by atoms with Crippen molar-refractivity contribution in [2.75, 3.05) is 26.4 Å². The summed E-state index contributed by atoms with van der Waals surface area (Å²) in [6, 6.07) is -1.53. The van der Waals surface area contributed by atoms with Crippen molar-refractivity contribution in [2.45, 2.75) is 19.9 Å². The number of ether oxygens (including phenoxy) is 4. The smallest absolute Gasteiger partial charge is 0.340 e. The lowest BCUT2D eigenvalue weighted by Crippen LogP contribution is -2.49. The van der Waals surface area contributed by atoms with Crippen molar-refractivity contribution in [1.82, 2.24) is 5.32 Å². The van der Waals surface area contributed by atoms with Gasteiger partial charge in [-0.15, -0.1) is 0 Å². The third kappa shape index (κ3) is 4.45. The largest absolute Gasteiger partial charge is 0.494 e. The molecule has 0 aromatic rings. The second-order valence-corrected chi connectivity index (χ2v) is 3.61. The summed E-state index contributed by atoms with van der Waals surface area (Å²) in [4.78, 5) is 35.1. The van der Waals surface area contributed by atoms with E-state index in [1.54, 1.807) is 13.8 Å². The molecule has 0 aliphatic carbocycles. The summed E-state index contributed by atoms with van der Waals surface area (Å²) in [6.07, 6.45) is 1.12. The number of nitrogens with one attached hydrogen (secondary N) is 1. The summed E-state index contributed by atoms with van der Waals surface area (Å²) in [5.74, 6) is -2.65. The summed E-state index contributed by atoms with van der Waals surface area (Å²) in [7, 11) is 0. The maximum atomic E-state index is 11.8. The van der Waals surface area contributed by atoms with E-state index in [9.17, 15) is 14.4 Å². The Morgan fingerprint density at radius 1 is 1.20 bits per heavy atom. The van der Waals surface area contributed by atoms with E-state index in [0.717, 1.165) is 6.26 Å². The average molecular weight is 287 g/mol. The highest BCUT2D eigenvalue weighted by Crippen LogP contribution is 2.05. The third-order valence-electron chi connectivity index (χ3n) is 2.19. The predicted molar refractivity (Wildman–Crippen MR) is 65.2 cm³/mol. The van der Waals surface area contributed by atoms with Crippen LogP contribution in [0.5, 0.6) is 0 Å². The van der Waals surface area contributed by atoms with Crippen LogP contribution < -0.4 is 5.32 Å². The fourth-order valence-corrected chi connectivity index (χ4v) is 1.35. The van der Waals surface area contributed by atoms with Gasteiger partial charge in [0, 0.05) is 0 Å². The Kier molecular flexibility index (Phi) is 6.34. The Hall–Kier alpha value is -2.25. The van der Waals surface area contributed by atoms with Gasteiger partial charge in [-0.05, 0) is 13.8 Å². The maximum Gasteiger partial charge on any atom is 0.340 e. The second kappa shape index (κ2) is 8.03. The summed E-state index contributed by atoms with van der Waals surface area (Å²) >= 11 is 0. The lowest BCUT2D eigenvalue weighted by atomic mass is 10.3. The Morgan fingerprint density at radius 3 is 2.25 bits per heavy atom. The first-order valence-electron chi connectivity index (χ1n) is 6.18. The van der Waals surface area contributed by atoms with E-state index >= 15 is 0 Å². The molecule has 1 aliphatic heterocycles. The molecule has 8 heteroatoms. The molecule has 0 unspecified atom stereocenters. The minimum absolute atomic E-state index is 0.0763. The zero-order valence-corrected chi connectivity index (χ0v) is 11.3. The molecule has 20 heavy (non-hydrogen) atoms. The molecule has 1 aliphatic rings. The van der Waals surface area contributed by atoms with Gasteiger partial charge in [0.2, 0.25) is 11.8 Å². The molecule has 0 bridgehead atoms. The van der Waals surface area contributed by atoms with Gasteiger partial charge >= 0.3 is 11.9 Å². The van der Waals surface area contributed by atoms with Crippen LogP contribution in [-0.2, 0) is 33.3 Å². The minimum atomic E-state index is -1.53. The highest BCUT2D eigenvalue weighted by molar-refractivity contribution is 6.04. The summed E-state index contributed by atoms with van der Waals surface area (Å²) in [6.45, 7) is 3.86. The van der Waals surface area contributed by atoms with Crippen molar-refractivity contribution in [3.63, 3.8) is 0 Å². The highest BCUT2D eigenvalue weighted by atomic mass is 16.6. The van der Waals surface area contributed by atoms with Crippen LogP contribution >= 0.6 is 0 Å². The number of amides is 1. The minimum Gasteiger partial charge on any atom is -0.494 e. The van der Waals surface area contributed by atoms with Crippen molar-refractivity contribution in [1.29, 1.82) is 0 Å². The first kappa shape index (κ1) is 15.8. The van der Waals surface area contributed by atoms with Crippen molar-refractivity contribution in [2.24, 2.45) is 0 Å². The van der Waals surface area contributed by atoms with Gasteiger partial charge in [-0.1, -0.05) is 0 Å². The molecule has 0 aromatic carbocycles. The van der Waals surface area contributed by atoms with Crippen LogP contribution in [0.25, 0.3) is 0 Å². The lowest BCUT2D eigenvalue weighted by Gasteiger charge is -2.18. The highest BCUT2D eigenvalue weighted by Gasteiger charge is 2.32. The third-order valence-corrected chi connectivity index (χ3v) is 2.19. The van der Waals surface area contributed by atoms with Crippen LogP contribution in [0.2, 0.25) is 0 Å². The number of esters is 2. The first-order valence-corrected chi connectivity index (χ1v) is 6.18. The molecule has 0 saturated heterocycles. The fraction of sp³-hybridized carbons (Fsp3) is 0.583. The zero-order valence-electron chi connectivity index (χ0n) is 11.3. The molecule has 0 spiro atoms. The normalized spacial score (nSPS) is 13.7. The molecule has 1 rings (SSSR count). The SMILES string of the molecule is CCOC(=O)C(NC(=O)C1=COCCO1)C(=O)OCC. The average Bonchev–Trinajstić information content (AvgIpc) is 2.45. The van der Waals surface area contributed by atoms with Crippen molar-refractivity contribution >= 4 is 17.8 Å². The van der Waals surface area contributed by atoms with E-state index in [2.05, 4.69) is 5.32 Å². The van der Waals surface area contributed by atoms with Gasteiger partial charge in [0.1, 0.15) is 19.5 Å². The molecule has 112 valence electrons. The van der Waals surface area contributed by atoms with Crippen molar-refractivity contribution in [3.05, 3.63) is 12.0 Å². The van der Waals surface area contributed by atoms with E-state index in [1.165, 1.54) is 0 Å². The topological polar surface area (TPSA) is 100 Å². The predicted octanol–water partition coefficient (Wildman–Crippen LogP) is -0.514. The van der Waals surface area contributed by atoms with Crippen LogP contribution in [0.15, 0.2) is 12.0 Å². The van der Waals surface area contributed by atoms with Crippen LogP contribution in [0.4, 0.5) is 0 Å². The van der Waals surface area contributed by atoms with E-state index in [1.807, 2.05) is 0 Å². The monoisotopic (exact) mass is 287 g/mol. The first-order chi connectivity index (χ1) is 9.60. The molecule has 1 heterocycles. The number of carbonyl (C=O) groups is 3. The Labute approximate surface area is 116 Å². The Bertz CT molecular complexity index is 387. The number of hydrogen-bond acceptors (Lipinski definition) is 7. The van der Waals surface area contributed by atoms with Crippen LogP contribution in [-0.4, -0.2) is 50.3 Å². The van der Waals surface area contributed by atoms with Crippen LogP contribution in [0.1, 0.15) is 13.8 Å². The molecule has 0 aromatic heterocycles. The fourth-order valence-electron chi connectivity index (χ4n) is 1.35. The molecule has 0 saturated carbocycles. The van der Waals surface area contributed by atoms with Crippen molar-refractivity contribution in [3.8, 4) is 0 Å². The van der Waals surface area contributed by atoms with Gasteiger partial charge in [-0.3, -0.25) is 4.79 Å². The molecular formula is C12H17NO7.